The van der Waals surface area contributed by atoms with Gasteiger partial charge >= 0.3 is 5.97 Å². The Kier molecular flexibility index (Phi) is 6.09. The van der Waals surface area contributed by atoms with Crippen molar-refractivity contribution in [1.82, 2.24) is 0 Å². The molecule has 1 aromatic carbocycles. The lowest BCUT2D eigenvalue weighted by molar-refractivity contribution is -0.119. The van der Waals surface area contributed by atoms with Crippen LogP contribution < -0.4 is 10.1 Å². The number of benzene rings is 1. The van der Waals surface area contributed by atoms with Gasteiger partial charge in [0.25, 0.3) is 5.91 Å². The van der Waals surface area contributed by atoms with Gasteiger partial charge in [0.15, 0.2) is 6.61 Å². The lowest BCUT2D eigenvalue weighted by Crippen LogP contribution is -2.21. The van der Waals surface area contributed by atoms with Crippen molar-refractivity contribution in [3.63, 3.8) is 0 Å². The van der Waals surface area contributed by atoms with Crippen molar-refractivity contribution in [3.05, 3.63) is 45.8 Å². The maximum Gasteiger partial charge on any atom is 0.342 e. The van der Waals surface area contributed by atoms with Gasteiger partial charge in [-0.1, -0.05) is 12.1 Å². The monoisotopic (exact) mass is 384 g/mol. The summed E-state index contributed by atoms with van der Waals surface area (Å²) in [6, 6.07) is 8.92. The topological polar surface area (TPSA) is 88.4 Å². The molecule has 0 aliphatic heterocycles. The molecule has 0 bridgehead atoms. The van der Waals surface area contributed by atoms with Gasteiger partial charge in [-0.25, -0.2) is 4.79 Å². The van der Waals surface area contributed by atoms with Crippen LogP contribution in [0.15, 0.2) is 24.3 Å². The number of thiophene rings is 1. The van der Waals surface area contributed by atoms with Crippen LogP contribution in [-0.2, 0) is 22.4 Å². The molecule has 0 saturated carbocycles. The number of fused-ring (bicyclic) bond motifs is 1. The summed E-state index contributed by atoms with van der Waals surface area (Å²) in [5.41, 5.74) is 1.86. The minimum absolute atomic E-state index is 0.274. The second kappa shape index (κ2) is 8.69. The number of aryl methyl sites for hydroxylation is 1. The highest BCUT2D eigenvalue weighted by atomic mass is 32.1. The van der Waals surface area contributed by atoms with Gasteiger partial charge in [-0.15, -0.1) is 11.3 Å². The van der Waals surface area contributed by atoms with E-state index in [2.05, 4.69) is 11.4 Å². The minimum atomic E-state index is -0.625. The molecule has 1 aliphatic carbocycles. The minimum Gasteiger partial charge on any atom is -0.493 e. The SMILES string of the molecule is CCOc1ccccc1C(=O)OCC(=O)Nc1sc2c(c1C#N)CCCC2. The molecule has 27 heavy (non-hydrogen) atoms. The largest absolute Gasteiger partial charge is 0.493 e. The number of amides is 1. The number of esters is 1. The Morgan fingerprint density at radius 3 is 2.81 bits per heavy atom. The first kappa shape index (κ1) is 18.9. The van der Waals surface area contributed by atoms with Crippen molar-refractivity contribution >= 4 is 28.2 Å². The predicted molar refractivity (Wildman–Crippen MR) is 102 cm³/mol. The third kappa shape index (κ3) is 4.29. The quantitative estimate of drug-likeness (QED) is 0.767. The first-order chi connectivity index (χ1) is 13.1. The van der Waals surface area contributed by atoms with Crippen LogP contribution in [0.2, 0.25) is 0 Å². The smallest absolute Gasteiger partial charge is 0.342 e. The van der Waals surface area contributed by atoms with Crippen molar-refractivity contribution in [3.8, 4) is 11.8 Å². The number of hydrogen-bond donors (Lipinski definition) is 1. The molecule has 0 saturated heterocycles. The molecule has 0 spiro atoms. The van der Waals surface area contributed by atoms with E-state index in [4.69, 9.17) is 9.47 Å². The molecule has 0 radical (unpaired) electrons. The molecule has 7 heteroatoms. The van der Waals surface area contributed by atoms with Gasteiger partial charge in [-0.3, -0.25) is 4.79 Å². The fourth-order valence-corrected chi connectivity index (χ4v) is 4.32. The molecule has 1 heterocycles. The Labute approximate surface area is 161 Å². The van der Waals surface area contributed by atoms with Crippen LogP contribution in [0.5, 0.6) is 5.75 Å². The molecule has 140 valence electrons. The summed E-state index contributed by atoms with van der Waals surface area (Å²) in [5.74, 6) is -0.671. The first-order valence-corrected chi connectivity index (χ1v) is 9.69. The van der Waals surface area contributed by atoms with E-state index in [1.807, 2.05) is 6.92 Å². The fourth-order valence-electron chi connectivity index (χ4n) is 3.06. The van der Waals surface area contributed by atoms with Gasteiger partial charge < -0.3 is 14.8 Å². The Bertz CT molecular complexity index is 898. The van der Waals surface area contributed by atoms with Crippen LogP contribution in [0.3, 0.4) is 0 Å². The van der Waals surface area contributed by atoms with Crippen LogP contribution >= 0.6 is 11.3 Å². The number of nitrogens with zero attached hydrogens (tertiary/aromatic N) is 1. The maximum absolute atomic E-state index is 12.2. The van der Waals surface area contributed by atoms with Crippen molar-refractivity contribution in [2.45, 2.75) is 32.6 Å². The summed E-state index contributed by atoms with van der Waals surface area (Å²) in [7, 11) is 0. The number of para-hydroxylation sites is 1. The molecule has 0 atom stereocenters. The number of carbonyl (C=O) groups excluding carboxylic acids is 2. The third-order valence-corrected chi connectivity index (χ3v) is 5.48. The van der Waals surface area contributed by atoms with E-state index in [1.54, 1.807) is 24.3 Å². The molecule has 3 rings (SSSR count). The van der Waals surface area contributed by atoms with Gasteiger partial charge in [0, 0.05) is 4.88 Å². The molecule has 2 aromatic rings. The van der Waals surface area contributed by atoms with Crippen molar-refractivity contribution in [2.24, 2.45) is 0 Å². The van der Waals surface area contributed by atoms with Gasteiger partial charge in [-0.05, 0) is 50.3 Å². The summed E-state index contributed by atoms with van der Waals surface area (Å²) < 4.78 is 10.5. The predicted octanol–water partition coefficient (Wildman–Crippen LogP) is 3.69. The Morgan fingerprint density at radius 1 is 1.26 bits per heavy atom. The lowest BCUT2D eigenvalue weighted by atomic mass is 9.96. The van der Waals surface area contributed by atoms with Crippen LogP contribution in [0.25, 0.3) is 0 Å². The molecule has 1 N–H and O–H groups in total. The average Bonchev–Trinajstić information content (AvgIpc) is 3.03. The van der Waals surface area contributed by atoms with Gasteiger partial charge in [-0.2, -0.15) is 5.26 Å². The summed E-state index contributed by atoms with van der Waals surface area (Å²) in [5, 5.41) is 12.7. The van der Waals surface area contributed by atoms with Crippen LogP contribution in [0, 0.1) is 11.3 Å². The number of hydrogen-bond acceptors (Lipinski definition) is 6. The fraction of sp³-hybridized carbons (Fsp3) is 0.350. The van der Waals surface area contributed by atoms with Crippen LogP contribution in [0.1, 0.15) is 46.1 Å². The molecule has 1 aromatic heterocycles. The van der Waals surface area contributed by atoms with Gasteiger partial charge in [0.05, 0.1) is 12.2 Å². The van der Waals surface area contributed by atoms with E-state index < -0.39 is 18.5 Å². The van der Waals surface area contributed by atoms with Crippen LogP contribution in [0.4, 0.5) is 5.00 Å². The molecular weight excluding hydrogens is 364 g/mol. The number of rotatable bonds is 6. The van der Waals surface area contributed by atoms with Gasteiger partial charge in [0.1, 0.15) is 22.4 Å². The van der Waals surface area contributed by atoms with Gasteiger partial charge in [0.2, 0.25) is 0 Å². The second-order valence-corrected chi connectivity index (χ2v) is 7.19. The van der Waals surface area contributed by atoms with E-state index in [1.165, 1.54) is 11.3 Å². The van der Waals surface area contributed by atoms with E-state index >= 15 is 0 Å². The highest BCUT2D eigenvalue weighted by Gasteiger charge is 2.22. The van der Waals surface area contributed by atoms with E-state index in [-0.39, 0.29) is 5.56 Å². The Morgan fingerprint density at radius 2 is 2.04 bits per heavy atom. The number of nitrogens with one attached hydrogen (secondary N) is 1. The van der Waals surface area contributed by atoms with Crippen molar-refractivity contribution in [1.29, 1.82) is 5.26 Å². The standard InChI is InChI=1S/C20H20N2O4S/c1-2-25-16-9-5-3-8-14(16)20(24)26-12-18(23)22-19-15(11-21)13-7-4-6-10-17(13)27-19/h3,5,8-9H,2,4,6-7,10,12H2,1H3,(H,22,23). The molecular formula is C20H20N2O4S. The van der Waals surface area contributed by atoms with E-state index in [0.717, 1.165) is 36.1 Å². The summed E-state index contributed by atoms with van der Waals surface area (Å²) in [6.45, 7) is 1.82. The van der Waals surface area contributed by atoms with E-state index in [9.17, 15) is 14.9 Å². The molecule has 0 unspecified atom stereocenters. The summed E-state index contributed by atoms with van der Waals surface area (Å²) in [6.07, 6.45) is 3.97. The normalized spacial score (nSPS) is 12.6. The zero-order valence-electron chi connectivity index (χ0n) is 15.0. The highest BCUT2D eigenvalue weighted by Crippen LogP contribution is 2.37. The summed E-state index contributed by atoms with van der Waals surface area (Å²) >= 11 is 1.44. The maximum atomic E-state index is 12.2. The lowest BCUT2D eigenvalue weighted by Gasteiger charge is -2.10. The third-order valence-electron chi connectivity index (χ3n) is 4.28. The average molecular weight is 384 g/mol. The number of nitriles is 1. The number of anilines is 1. The molecule has 1 aliphatic rings. The number of ether oxygens (including phenoxy) is 2. The Balaban J connectivity index is 1.63. The van der Waals surface area contributed by atoms with E-state index in [0.29, 0.717) is 22.9 Å². The Hall–Kier alpha value is -2.85. The second-order valence-electron chi connectivity index (χ2n) is 6.08. The zero-order chi connectivity index (χ0) is 19.2. The van der Waals surface area contributed by atoms with Crippen LogP contribution in [-0.4, -0.2) is 25.1 Å². The number of carbonyl (C=O) groups is 2. The molecule has 6 nitrogen and oxygen atoms in total. The summed E-state index contributed by atoms with van der Waals surface area (Å²) in [4.78, 5) is 25.6. The van der Waals surface area contributed by atoms with Crippen molar-refractivity contribution in [2.75, 3.05) is 18.5 Å². The molecule has 1 amide bonds. The zero-order valence-corrected chi connectivity index (χ0v) is 15.9. The first-order valence-electron chi connectivity index (χ1n) is 8.87. The molecule has 0 fully saturated rings. The van der Waals surface area contributed by atoms with Crippen molar-refractivity contribution < 1.29 is 19.1 Å². The highest BCUT2D eigenvalue weighted by molar-refractivity contribution is 7.16.